The number of rotatable bonds is 6. The molecule has 0 spiro atoms. The van der Waals surface area contributed by atoms with Crippen LogP contribution in [0.25, 0.3) is 87.4 Å². The Labute approximate surface area is 362 Å². The number of furan rings is 3. The van der Waals surface area contributed by atoms with E-state index in [1.165, 1.54) is 11.1 Å². The second-order valence-corrected chi connectivity index (χ2v) is 16.6. The SMILES string of the molecule is Cc1ccc(N(c2ccc3c(c2)oc2c4ccc(N(c5ccc(C)cc5)c5cccc6c5oc5ccccc56)cc4c4ccccc4c32)c2cccc3c2oc2ccccc23)cc1. The Balaban J connectivity index is 1.02. The number of hydrogen-bond acceptors (Lipinski definition) is 5. The summed E-state index contributed by atoms with van der Waals surface area (Å²) in [5, 5.41) is 11.0. The number of hydrogen-bond donors (Lipinski definition) is 0. The molecule has 0 atom stereocenters. The third-order valence-electron chi connectivity index (χ3n) is 12.8. The van der Waals surface area contributed by atoms with Crippen molar-refractivity contribution in [3.8, 4) is 0 Å². The number of anilines is 6. The second kappa shape index (κ2) is 13.6. The van der Waals surface area contributed by atoms with Crippen LogP contribution in [0.15, 0.2) is 207 Å². The van der Waals surface area contributed by atoms with Gasteiger partial charge in [-0.05, 0) is 109 Å². The van der Waals surface area contributed by atoms with E-state index in [0.717, 1.165) is 121 Å². The molecule has 0 aliphatic rings. The van der Waals surface area contributed by atoms with Crippen LogP contribution in [0.3, 0.4) is 0 Å². The minimum absolute atomic E-state index is 0.816. The molecule has 0 aliphatic carbocycles. The minimum atomic E-state index is 0.816. The number of para-hydroxylation sites is 4. The summed E-state index contributed by atoms with van der Waals surface area (Å²) in [6.07, 6.45) is 0. The summed E-state index contributed by atoms with van der Waals surface area (Å²) in [5.41, 5.74) is 13.5. The Hall–Kier alpha value is -8.28. The third kappa shape index (κ3) is 5.43. The van der Waals surface area contributed by atoms with Crippen LogP contribution in [0, 0.1) is 13.8 Å². The molecule has 0 fully saturated rings. The van der Waals surface area contributed by atoms with Crippen LogP contribution in [-0.4, -0.2) is 0 Å². The van der Waals surface area contributed by atoms with Crippen LogP contribution >= 0.6 is 0 Å². The molecule has 63 heavy (non-hydrogen) atoms. The van der Waals surface area contributed by atoms with Crippen molar-refractivity contribution in [2.75, 3.05) is 9.80 Å². The number of aryl methyl sites for hydroxylation is 2. The summed E-state index contributed by atoms with van der Waals surface area (Å²) in [4.78, 5) is 4.59. The van der Waals surface area contributed by atoms with Crippen molar-refractivity contribution in [3.05, 3.63) is 205 Å². The van der Waals surface area contributed by atoms with Crippen LogP contribution in [0.4, 0.5) is 34.1 Å². The van der Waals surface area contributed by atoms with E-state index in [2.05, 4.69) is 194 Å². The molecule has 5 nitrogen and oxygen atoms in total. The second-order valence-electron chi connectivity index (χ2n) is 16.6. The van der Waals surface area contributed by atoms with Crippen LogP contribution in [0.5, 0.6) is 0 Å². The highest BCUT2D eigenvalue weighted by molar-refractivity contribution is 6.31. The number of nitrogens with zero attached hydrogens (tertiary/aromatic N) is 2. The minimum Gasteiger partial charge on any atom is -0.455 e. The van der Waals surface area contributed by atoms with E-state index in [1.54, 1.807) is 0 Å². The molecule has 3 heterocycles. The molecule has 0 N–H and O–H groups in total. The Morgan fingerprint density at radius 2 is 0.714 bits per heavy atom. The molecule has 3 aromatic heterocycles. The van der Waals surface area contributed by atoms with Gasteiger partial charge in [-0.25, -0.2) is 0 Å². The summed E-state index contributed by atoms with van der Waals surface area (Å²) in [6, 6.07) is 68.8. The van der Waals surface area contributed by atoms with Crippen molar-refractivity contribution in [2.24, 2.45) is 0 Å². The number of fused-ring (bicyclic) bond motifs is 14. The van der Waals surface area contributed by atoms with Gasteiger partial charge >= 0.3 is 0 Å². The fourth-order valence-electron chi connectivity index (χ4n) is 9.77. The first-order valence-electron chi connectivity index (χ1n) is 21.4. The van der Waals surface area contributed by atoms with Crippen LogP contribution in [0.1, 0.15) is 11.1 Å². The summed E-state index contributed by atoms with van der Waals surface area (Å²) in [7, 11) is 0. The van der Waals surface area contributed by atoms with Gasteiger partial charge in [0.2, 0.25) is 0 Å². The first-order valence-corrected chi connectivity index (χ1v) is 21.4. The van der Waals surface area contributed by atoms with Crippen molar-refractivity contribution in [2.45, 2.75) is 13.8 Å². The maximum absolute atomic E-state index is 7.09. The molecular weight excluding hydrogens is 773 g/mol. The average molecular weight is 811 g/mol. The average Bonchev–Trinajstić information content (AvgIpc) is 4.03. The molecular formula is C58H38N2O3. The summed E-state index contributed by atoms with van der Waals surface area (Å²) in [5.74, 6) is 0. The van der Waals surface area contributed by atoms with Crippen LogP contribution in [-0.2, 0) is 0 Å². The topological polar surface area (TPSA) is 45.9 Å². The Kier molecular flexibility index (Phi) is 7.67. The molecule has 0 saturated heterocycles. The van der Waals surface area contributed by atoms with Gasteiger partial charge in [0, 0.05) is 60.8 Å². The predicted octanol–water partition coefficient (Wildman–Crippen LogP) is 17.2. The van der Waals surface area contributed by atoms with Gasteiger partial charge in [-0.2, -0.15) is 0 Å². The quantitative estimate of drug-likeness (QED) is 0.157. The molecule has 0 amide bonds. The Bertz CT molecular complexity index is 3950. The maximum atomic E-state index is 7.09. The molecule has 13 rings (SSSR count). The lowest BCUT2D eigenvalue weighted by molar-refractivity contribution is 0.668. The van der Waals surface area contributed by atoms with E-state index in [-0.39, 0.29) is 0 Å². The van der Waals surface area contributed by atoms with Gasteiger partial charge < -0.3 is 23.1 Å². The summed E-state index contributed by atoms with van der Waals surface area (Å²) in [6.45, 7) is 4.24. The lowest BCUT2D eigenvalue weighted by atomic mass is 9.96. The Morgan fingerprint density at radius 3 is 1.29 bits per heavy atom. The van der Waals surface area contributed by atoms with Gasteiger partial charge in [0.1, 0.15) is 22.3 Å². The monoisotopic (exact) mass is 810 g/mol. The molecule has 5 heteroatoms. The van der Waals surface area contributed by atoms with Gasteiger partial charge in [-0.1, -0.05) is 120 Å². The molecule has 298 valence electrons. The zero-order chi connectivity index (χ0) is 41.8. The first-order chi connectivity index (χ1) is 31.1. The molecule has 0 radical (unpaired) electrons. The van der Waals surface area contributed by atoms with Gasteiger partial charge in [0.05, 0.1) is 17.1 Å². The van der Waals surface area contributed by atoms with Crippen molar-refractivity contribution in [3.63, 3.8) is 0 Å². The van der Waals surface area contributed by atoms with E-state index in [9.17, 15) is 0 Å². The molecule has 10 aromatic carbocycles. The fourth-order valence-corrected chi connectivity index (χ4v) is 9.77. The fraction of sp³-hybridized carbons (Fsp3) is 0.0345. The van der Waals surface area contributed by atoms with E-state index < -0.39 is 0 Å². The highest BCUT2D eigenvalue weighted by Crippen LogP contribution is 2.48. The van der Waals surface area contributed by atoms with Crippen LogP contribution < -0.4 is 9.80 Å². The van der Waals surface area contributed by atoms with E-state index >= 15 is 0 Å². The highest BCUT2D eigenvalue weighted by atomic mass is 16.3. The Morgan fingerprint density at radius 1 is 0.286 bits per heavy atom. The standard InChI is InChI=1S/C58H38N2O3/c1-35-21-25-37(26-22-35)59(50-17-9-15-45-42-12-5-7-19-52(42)61-56(45)50)39-29-31-47-49(33-39)41-11-3-4-14-44(41)55-48-32-30-40(34-54(48)63-58(47)55)60(38-27-23-36(2)24-28-38)51-18-10-16-46-43-13-6-8-20-53(43)62-57(46)51/h3-34H,1-2H3. The van der Waals surface area contributed by atoms with Crippen molar-refractivity contribution in [1.29, 1.82) is 0 Å². The van der Waals surface area contributed by atoms with E-state index in [0.29, 0.717) is 0 Å². The van der Waals surface area contributed by atoms with E-state index in [1.807, 2.05) is 24.3 Å². The molecule has 0 unspecified atom stereocenters. The molecule has 13 aromatic rings. The maximum Gasteiger partial charge on any atom is 0.159 e. The smallest absolute Gasteiger partial charge is 0.159 e. The van der Waals surface area contributed by atoms with Gasteiger partial charge in [-0.15, -0.1) is 0 Å². The normalized spacial score (nSPS) is 12.0. The van der Waals surface area contributed by atoms with Crippen molar-refractivity contribution in [1.82, 2.24) is 0 Å². The van der Waals surface area contributed by atoms with Gasteiger partial charge in [0.25, 0.3) is 0 Å². The van der Waals surface area contributed by atoms with E-state index in [4.69, 9.17) is 13.3 Å². The highest BCUT2D eigenvalue weighted by Gasteiger charge is 2.24. The summed E-state index contributed by atoms with van der Waals surface area (Å²) >= 11 is 0. The van der Waals surface area contributed by atoms with Gasteiger partial charge in [-0.3, -0.25) is 0 Å². The molecule has 0 saturated carbocycles. The molecule has 0 aliphatic heterocycles. The zero-order valence-electron chi connectivity index (χ0n) is 34.6. The lowest BCUT2D eigenvalue weighted by Gasteiger charge is -2.26. The molecule has 0 bridgehead atoms. The predicted molar refractivity (Wildman–Crippen MR) is 262 cm³/mol. The van der Waals surface area contributed by atoms with Crippen molar-refractivity contribution < 1.29 is 13.3 Å². The first kappa shape index (κ1) is 35.5. The largest absolute Gasteiger partial charge is 0.455 e. The number of benzene rings is 10. The van der Waals surface area contributed by atoms with Gasteiger partial charge in [0.15, 0.2) is 11.2 Å². The summed E-state index contributed by atoms with van der Waals surface area (Å²) < 4.78 is 20.3. The van der Waals surface area contributed by atoms with Crippen molar-refractivity contribution >= 4 is 121 Å². The lowest BCUT2D eigenvalue weighted by Crippen LogP contribution is -2.10. The third-order valence-corrected chi connectivity index (χ3v) is 12.8. The zero-order valence-corrected chi connectivity index (χ0v) is 34.6. The van der Waals surface area contributed by atoms with Crippen LogP contribution in [0.2, 0.25) is 0 Å².